The van der Waals surface area contributed by atoms with Gasteiger partial charge < -0.3 is 34.5 Å². The van der Waals surface area contributed by atoms with Crippen LogP contribution in [0.4, 0.5) is 5.69 Å². The number of aliphatic hydroxyl groups excluding tert-OH is 1. The number of nitrogens with zero attached hydrogens (tertiary/aromatic N) is 2. The molecular formula is C24H31N4O8P. The van der Waals surface area contributed by atoms with Crippen LogP contribution in [0.5, 0.6) is 5.75 Å². The number of aliphatic hydroxyl groups is 2. The predicted molar refractivity (Wildman–Crippen MR) is 135 cm³/mol. The smallest absolute Gasteiger partial charge is 0.459 e. The summed E-state index contributed by atoms with van der Waals surface area (Å²) in [6, 6.07) is 10.6. The molecule has 4 rings (SSSR count). The zero-order valence-corrected chi connectivity index (χ0v) is 21.7. The highest BCUT2D eigenvalue weighted by Gasteiger charge is 2.56. The van der Waals surface area contributed by atoms with Crippen molar-refractivity contribution in [3.8, 4) is 5.75 Å². The maximum Gasteiger partial charge on any atom is 0.459 e. The third-order valence-electron chi connectivity index (χ3n) is 6.24. The Balaban J connectivity index is 1.60. The molecule has 13 heteroatoms. The Morgan fingerprint density at radius 2 is 1.97 bits per heavy atom. The number of nitrogens with one attached hydrogen (secondary N) is 1. The molecule has 3 heterocycles. The van der Waals surface area contributed by atoms with Gasteiger partial charge in [-0.3, -0.25) is 9.32 Å². The molecule has 3 aromatic rings. The minimum Gasteiger partial charge on any atom is -0.468 e. The van der Waals surface area contributed by atoms with E-state index in [2.05, 4.69) is 10.1 Å². The van der Waals surface area contributed by atoms with Crippen LogP contribution in [-0.4, -0.2) is 62.8 Å². The number of hydrogen-bond acceptors (Lipinski definition) is 10. The molecule has 0 saturated carbocycles. The molecule has 1 aliphatic rings. The number of benzene rings is 1. The van der Waals surface area contributed by atoms with Crippen molar-refractivity contribution in [2.24, 2.45) is 0 Å². The molecule has 0 radical (unpaired) electrons. The molecule has 1 fully saturated rings. The lowest BCUT2D eigenvalue weighted by Gasteiger charge is -2.29. The van der Waals surface area contributed by atoms with Crippen molar-refractivity contribution >= 4 is 30.4 Å². The summed E-state index contributed by atoms with van der Waals surface area (Å²) in [6.07, 6.45) is -1.55. The number of ether oxygens (including phenoxy) is 2. The van der Waals surface area contributed by atoms with Gasteiger partial charge in [0.2, 0.25) is 0 Å². The average molecular weight is 535 g/mol. The van der Waals surface area contributed by atoms with Crippen LogP contribution in [0.25, 0.3) is 11.0 Å². The summed E-state index contributed by atoms with van der Waals surface area (Å²) in [6.45, 7) is 4.38. The number of hydrogen-bond donors (Lipinski definition) is 4. The molecular weight excluding hydrogens is 503 g/mol. The van der Waals surface area contributed by atoms with Gasteiger partial charge in [0.05, 0.1) is 13.2 Å². The summed E-state index contributed by atoms with van der Waals surface area (Å²) in [5.74, 6) is -0.456. The van der Waals surface area contributed by atoms with Crippen LogP contribution in [-0.2, 0) is 23.4 Å². The normalized spacial score (nSPS) is 26.9. The van der Waals surface area contributed by atoms with Crippen molar-refractivity contribution in [1.82, 2.24) is 14.6 Å². The fourth-order valence-electron chi connectivity index (χ4n) is 4.27. The fourth-order valence-corrected chi connectivity index (χ4v) is 5.96. The largest absolute Gasteiger partial charge is 0.468 e. The number of fused-ring (bicyclic) bond motifs is 1. The van der Waals surface area contributed by atoms with Gasteiger partial charge in [0.25, 0.3) is 0 Å². The summed E-state index contributed by atoms with van der Waals surface area (Å²) in [5, 5.41) is 25.5. The molecule has 0 aliphatic carbocycles. The summed E-state index contributed by atoms with van der Waals surface area (Å²) >= 11 is 0. The second kappa shape index (κ2) is 10.4. The van der Waals surface area contributed by atoms with Crippen LogP contribution in [0.3, 0.4) is 0 Å². The number of methoxy groups -OCH3 is 1. The van der Waals surface area contributed by atoms with Crippen molar-refractivity contribution in [2.45, 2.75) is 57.0 Å². The maximum atomic E-state index is 13.8. The number of aromatic nitrogens is 2. The van der Waals surface area contributed by atoms with E-state index in [1.165, 1.54) is 34.1 Å². The number of carbonyl (C=O) groups excluding carboxylic acids is 1. The van der Waals surface area contributed by atoms with E-state index in [0.717, 1.165) is 0 Å². The molecule has 37 heavy (non-hydrogen) atoms. The first-order chi connectivity index (χ1) is 17.5. The lowest BCUT2D eigenvalue weighted by atomic mass is 9.94. The van der Waals surface area contributed by atoms with E-state index in [-0.39, 0.29) is 5.75 Å². The predicted octanol–water partition coefficient (Wildman–Crippen LogP) is 2.37. The van der Waals surface area contributed by atoms with Crippen LogP contribution in [0, 0.1) is 0 Å². The molecule has 1 aliphatic heterocycles. The molecule has 2 aromatic heterocycles. The molecule has 1 saturated heterocycles. The van der Waals surface area contributed by atoms with Gasteiger partial charge in [0.1, 0.15) is 35.2 Å². The van der Waals surface area contributed by atoms with E-state index in [4.69, 9.17) is 24.3 Å². The van der Waals surface area contributed by atoms with Crippen molar-refractivity contribution in [2.75, 3.05) is 12.8 Å². The van der Waals surface area contributed by atoms with Gasteiger partial charge in [0, 0.05) is 23.5 Å². The molecule has 7 atom stereocenters. The number of rotatable bonds is 9. The quantitative estimate of drug-likeness (QED) is 0.235. The molecule has 0 spiro atoms. The first kappa shape index (κ1) is 27.1. The van der Waals surface area contributed by atoms with Crippen LogP contribution in [0.1, 0.15) is 27.0 Å². The Labute approximate surface area is 213 Å². The molecule has 0 amide bonds. The van der Waals surface area contributed by atoms with Gasteiger partial charge in [-0.05, 0) is 45.0 Å². The summed E-state index contributed by atoms with van der Waals surface area (Å²) in [4.78, 5) is 16.3. The Kier molecular flexibility index (Phi) is 7.61. The van der Waals surface area contributed by atoms with Crippen LogP contribution in [0.2, 0.25) is 0 Å². The highest BCUT2D eigenvalue weighted by atomic mass is 31.2. The molecule has 1 unspecified atom stereocenters. The van der Waals surface area contributed by atoms with Gasteiger partial charge in [-0.25, -0.2) is 9.55 Å². The highest BCUT2D eigenvalue weighted by Crippen LogP contribution is 2.49. The monoisotopic (exact) mass is 534 g/mol. The fraction of sp³-hybridized carbons (Fsp3) is 0.417. The molecule has 12 nitrogen and oxygen atoms in total. The molecule has 200 valence electrons. The Hall–Kier alpha value is -2.99. The topological polar surface area (TPSA) is 167 Å². The van der Waals surface area contributed by atoms with Crippen molar-refractivity contribution < 1.29 is 38.1 Å². The number of carbonyl (C=O) groups is 1. The van der Waals surface area contributed by atoms with Gasteiger partial charge in [-0.1, -0.05) is 18.2 Å². The number of pyridine rings is 1. The van der Waals surface area contributed by atoms with Crippen LogP contribution >= 0.6 is 7.75 Å². The van der Waals surface area contributed by atoms with Crippen LogP contribution in [0.15, 0.2) is 54.9 Å². The maximum absolute atomic E-state index is 13.8. The zero-order valence-electron chi connectivity index (χ0n) is 20.8. The summed E-state index contributed by atoms with van der Waals surface area (Å²) < 4.78 is 37.6. The molecule has 5 N–H and O–H groups in total. The second-order valence-corrected chi connectivity index (χ2v) is 10.7. The second-order valence-electron chi connectivity index (χ2n) is 9.07. The van der Waals surface area contributed by atoms with E-state index in [1.807, 2.05) is 0 Å². The Morgan fingerprint density at radius 3 is 2.65 bits per heavy atom. The van der Waals surface area contributed by atoms with E-state index in [1.54, 1.807) is 53.2 Å². The van der Waals surface area contributed by atoms with Crippen molar-refractivity contribution in [3.05, 3.63) is 54.9 Å². The van der Waals surface area contributed by atoms with E-state index < -0.39 is 49.9 Å². The number of anilines is 1. The minimum absolute atomic E-state index is 0.225. The van der Waals surface area contributed by atoms with Crippen LogP contribution < -0.4 is 15.3 Å². The highest BCUT2D eigenvalue weighted by molar-refractivity contribution is 7.52. The van der Waals surface area contributed by atoms with Crippen molar-refractivity contribution in [3.63, 3.8) is 0 Å². The van der Waals surface area contributed by atoms with Gasteiger partial charge in [0.15, 0.2) is 6.23 Å². The zero-order chi connectivity index (χ0) is 27.0. The number of nitrogen functional groups attached to an aromatic ring is 1. The summed E-state index contributed by atoms with van der Waals surface area (Å²) in [5.41, 5.74) is 5.21. The average Bonchev–Trinajstić information content (AvgIpc) is 3.38. The van der Waals surface area contributed by atoms with E-state index in [0.29, 0.717) is 16.7 Å². The number of para-hydroxylation sites is 1. The molecule has 0 bridgehead atoms. The minimum atomic E-state index is -4.23. The van der Waals surface area contributed by atoms with Gasteiger partial charge >= 0.3 is 13.7 Å². The number of esters is 1. The third-order valence-corrected chi connectivity index (χ3v) is 8.01. The molecule has 1 aromatic carbocycles. The Morgan fingerprint density at radius 1 is 1.27 bits per heavy atom. The first-order valence-corrected chi connectivity index (χ1v) is 13.2. The number of nitrogens with two attached hydrogens (primary N) is 1. The Bertz CT molecular complexity index is 1300. The van der Waals surface area contributed by atoms with Crippen molar-refractivity contribution in [1.29, 1.82) is 0 Å². The van der Waals surface area contributed by atoms with Gasteiger partial charge in [-0.2, -0.15) is 5.09 Å². The first-order valence-electron chi connectivity index (χ1n) is 11.6. The van der Waals surface area contributed by atoms with E-state index in [9.17, 15) is 19.6 Å². The van der Waals surface area contributed by atoms with Gasteiger partial charge in [-0.15, -0.1) is 0 Å². The summed E-state index contributed by atoms with van der Waals surface area (Å²) in [7, 11) is -3.03. The lowest BCUT2D eigenvalue weighted by molar-refractivity contribution is -0.142. The SMILES string of the molecule is COC(=O)[C@H](C)NP(=O)(Oc1ccccc1)O[C@@H](C)[C@H]1O[C@@H](n2ccc3c(N)ccnc32)[C@](C)(O)[C@@H]1O. The lowest BCUT2D eigenvalue weighted by Crippen LogP contribution is -2.46. The van der Waals surface area contributed by atoms with E-state index >= 15 is 0 Å². The standard InChI is InChI=1S/C24H31N4O8P/c1-14(22(30)33-4)27-37(32,36-16-8-6-5-7-9-16)35-15(2)19-20(29)24(3,31)23(34-19)28-13-11-17-18(25)10-12-26-21(17)28/h5-15,19-20,23,29,31H,1-4H3,(H2,25,26)(H,27,32)/t14-,15-,19+,20+,23+,24+,37?/m0/s1. The third kappa shape index (κ3) is 5.35.